The highest BCUT2D eigenvalue weighted by Crippen LogP contribution is 2.31. The molecular formula is C19H15ClN2O2S. The number of ether oxygens (including phenoxy) is 1. The molecule has 25 heavy (non-hydrogen) atoms. The Bertz CT molecular complexity index is 888. The number of halogens is 1. The molecular weight excluding hydrogens is 356 g/mol. The molecule has 0 radical (unpaired) electrons. The van der Waals surface area contributed by atoms with Gasteiger partial charge in [0, 0.05) is 16.1 Å². The van der Waals surface area contributed by atoms with Crippen molar-refractivity contribution < 1.29 is 9.53 Å². The van der Waals surface area contributed by atoms with Gasteiger partial charge in [-0.05, 0) is 42.5 Å². The van der Waals surface area contributed by atoms with Crippen molar-refractivity contribution in [1.29, 1.82) is 0 Å². The summed E-state index contributed by atoms with van der Waals surface area (Å²) in [5.74, 6) is 0.269. The fourth-order valence-corrected chi connectivity index (χ4v) is 3.29. The molecule has 0 saturated heterocycles. The summed E-state index contributed by atoms with van der Waals surface area (Å²) in [5, 5.41) is 3.99. The number of pyridine rings is 1. The molecule has 0 atom stereocenters. The van der Waals surface area contributed by atoms with E-state index in [9.17, 15) is 4.79 Å². The van der Waals surface area contributed by atoms with Gasteiger partial charge in [0.05, 0.1) is 18.4 Å². The fourth-order valence-electron chi connectivity index (χ4n) is 2.21. The highest BCUT2D eigenvalue weighted by atomic mass is 35.5. The predicted octanol–water partition coefficient (Wildman–Crippen LogP) is 5.15. The maximum atomic E-state index is 12.7. The lowest BCUT2D eigenvalue weighted by molar-refractivity contribution is 0.102. The van der Waals surface area contributed by atoms with E-state index in [-0.39, 0.29) is 5.91 Å². The Labute approximate surface area is 155 Å². The van der Waals surface area contributed by atoms with E-state index in [4.69, 9.17) is 16.3 Å². The first-order valence-electron chi connectivity index (χ1n) is 7.50. The quantitative estimate of drug-likeness (QED) is 0.675. The Morgan fingerprint density at radius 3 is 2.68 bits per heavy atom. The van der Waals surface area contributed by atoms with Crippen molar-refractivity contribution in [2.75, 3.05) is 12.4 Å². The minimum atomic E-state index is -0.271. The summed E-state index contributed by atoms with van der Waals surface area (Å²) in [6.45, 7) is 0. The summed E-state index contributed by atoms with van der Waals surface area (Å²) in [6, 6.07) is 18.3. The number of nitrogens with one attached hydrogen (secondary N) is 1. The highest BCUT2D eigenvalue weighted by molar-refractivity contribution is 7.99. The number of carbonyl (C=O) groups excluding carboxylic acids is 1. The number of rotatable bonds is 5. The molecule has 1 aromatic heterocycles. The number of carbonyl (C=O) groups is 1. The van der Waals surface area contributed by atoms with Crippen molar-refractivity contribution in [3.8, 4) is 5.75 Å². The minimum Gasteiger partial charge on any atom is -0.495 e. The van der Waals surface area contributed by atoms with E-state index in [1.54, 1.807) is 43.6 Å². The summed E-state index contributed by atoms with van der Waals surface area (Å²) >= 11 is 7.46. The third kappa shape index (κ3) is 4.32. The smallest absolute Gasteiger partial charge is 0.258 e. The first kappa shape index (κ1) is 17.3. The second-order valence-electron chi connectivity index (χ2n) is 5.07. The molecule has 0 aliphatic rings. The summed E-state index contributed by atoms with van der Waals surface area (Å²) in [7, 11) is 1.54. The van der Waals surface area contributed by atoms with Gasteiger partial charge in [-0.15, -0.1) is 0 Å². The van der Waals surface area contributed by atoms with Gasteiger partial charge in [0.1, 0.15) is 10.8 Å². The molecule has 2 aromatic carbocycles. The molecule has 0 unspecified atom stereocenters. The normalized spacial score (nSPS) is 10.3. The maximum absolute atomic E-state index is 12.7. The molecule has 6 heteroatoms. The van der Waals surface area contributed by atoms with Crippen molar-refractivity contribution in [3.05, 3.63) is 77.4 Å². The van der Waals surface area contributed by atoms with E-state index in [1.807, 2.05) is 30.3 Å². The lowest BCUT2D eigenvalue weighted by Crippen LogP contribution is -2.14. The number of hydrogen-bond donors (Lipinski definition) is 1. The minimum absolute atomic E-state index is 0.271. The Kier molecular flexibility index (Phi) is 5.58. The Balaban J connectivity index is 1.87. The van der Waals surface area contributed by atoms with Crippen molar-refractivity contribution in [2.45, 2.75) is 9.92 Å². The van der Waals surface area contributed by atoms with Gasteiger partial charge in [-0.2, -0.15) is 0 Å². The predicted molar refractivity (Wildman–Crippen MR) is 101 cm³/mol. The Hall–Kier alpha value is -2.50. The van der Waals surface area contributed by atoms with Gasteiger partial charge in [0.25, 0.3) is 5.91 Å². The van der Waals surface area contributed by atoms with E-state index in [0.29, 0.717) is 27.0 Å². The largest absolute Gasteiger partial charge is 0.495 e. The van der Waals surface area contributed by atoms with Crippen LogP contribution in [0, 0.1) is 0 Å². The second kappa shape index (κ2) is 8.05. The van der Waals surface area contributed by atoms with Gasteiger partial charge in [-0.3, -0.25) is 4.79 Å². The second-order valence-corrected chi connectivity index (χ2v) is 6.57. The van der Waals surface area contributed by atoms with Crippen LogP contribution < -0.4 is 10.1 Å². The van der Waals surface area contributed by atoms with Crippen LogP contribution in [-0.4, -0.2) is 18.0 Å². The first-order chi connectivity index (χ1) is 12.2. The molecule has 4 nitrogen and oxygen atoms in total. The van der Waals surface area contributed by atoms with E-state index in [2.05, 4.69) is 10.3 Å². The van der Waals surface area contributed by atoms with Crippen LogP contribution >= 0.6 is 23.4 Å². The summed E-state index contributed by atoms with van der Waals surface area (Å²) in [4.78, 5) is 18.1. The van der Waals surface area contributed by atoms with Crippen LogP contribution in [0.2, 0.25) is 5.02 Å². The number of aromatic nitrogens is 1. The van der Waals surface area contributed by atoms with Gasteiger partial charge >= 0.3 is 0 Å². The maximum Gasteiger partial charge on any atom is 0.258 e. The van der Waals surface area contributed by atoms with Crippen molar-refractivity contribution in [2.24, 2.45) is 0 Å². The average Bonchev–Trinajstić information content (AvgIpc) is 2.63. The number of hydrogen-bond acceptors (Lipinski definition) is 4. The summed E-state index contributed by atoms with van der Waals surface area (Å²) < 4.78 is 5.27. The van der Waals surface area contributed by atoms with Crippen LogP contribution in [0.1, 0.15) is 10.4 Å². The van der Waals surface area contributed by atoms with Crippen LogP contribution in [0.3, 0.4) is 0 Å². The molecule has 0 saturated carbocycles. The first-order valence-corrected chi connectivity index (χ1v) is 8.69. The zero-order chi connectivity index (χ0) is 17.6. The molecule has 0 spiro atoms. The standard InChI is InChI=1S/C19H15ClN2O2S/c1-24-17-10-9-13(20)12-16(17)22-18(23)15-8-5-11-21-19(15)25-14-6-3-2-4-7-14/h2-12H,1H3,(H,22,23). The van der Waals surface area contributed by atoms with Crippen molar-refractivity contribution >= 4 is 35.0 Å². The van der Waals surface area contributed by atoms with Crippen LogP contribution in [-0.2, 0) is 0 Å². The van der Waals surface area contributed by atoms with E-state index in [1.165, 1.54) is 11.8 Å². The van der Waals surface area contributed by atoms with E-state index >= 15 is 0 Å². The molecule has 1 heterocycles. The number of anilines is 1. The SMILES string of the molecule is COc1ccc(Cl)cc1NC(=O)c1cccnc1Sc1ccccc1. The molecule has 1 N–H and O–H groups in total. The van der Waals surface area contributed by atoms with E-state index < -0.39 is 0 Å². The van der Waals surface area contributed by atoms with Crippen LogP contribution in [0.4, 0.5) is 5.69 Å². The Morgan fingerprint density at radius 2 is 1.92 bits per heavy atom. The zero-order valence-electron chi connectivity index (χ0n) is 13.4. The molecule has 126 valence electrons. The van der Waals surface area contributed by atoms with Crippen molar-refractivity contribution in [3.63, 3.8) is 0 Å². The molecule has 3 rings (SSSR count). The topological polar surface area (TPSA) is 51.2 Å². The van der Waals surface area contributed by atoms with E-state index in [0.717, 1.165) is 4.90 Å². The number of amides is 1. The molecule has 3 aromatic rings. The number of benzene rings is 2. The van der Waals surface area contributed by atoms with Crippen LogP contribution in [0.25, 0.3) is 0 Å². The number of methoxy groups -OCH3 is 1. The Morgan fingerprint density at radius 1 is 1.12 bits per heavy atom. The molecule has 1 amide bonds. The number of nitrogens with zero attached hydrogens (tertiary/aromatic N) is 1. The van der Waals surface area contributed by atoms with Crippen LogP contribution in [0.15, 0.2) is 76.8 Å². The lowest BCUT2D eigenvalue weighted by Gasteiger charge is -2.12. The van der Waals surface area contributed by atoms with Gasteiger partial charge in [-0.25, -0.2) is 4.98 Å². The van der Waals surface area contributed by atoms with Gasteiger partial charge in [0.2, 0.25) is 0 Å². The third-order valence-electron chi connectivity index (χ3n) is 3.38. The molecule has 0 bridgehead atoms. The molecule has 0 aliphatic carbocycles. The highest BCUT2D eigenvalue weighted by Gasteiger charge is 2.15. The molecule has 0 fully saturated rings. The third-order valence-corrected chi connectivity index (χ3v) is 4.64. The lowest BCUT2D eigenvalue weighted by atomic mass is 10.2. The average molecular weight is 371 g/mol. The monoisotopic (exact) mass is 370 g/mol. The zero-order valence-corrected chi connectivity index (χ0v) is 15.0. The fraction of sp³-hybridized carbons (Fsp3) is 0.0526. The van der Waals surface area contributed by atoms with Gasteiger partial charge in [-0.1, -0.05) is 41.6 Å². The van der Waals surface area contributed by atoms with Gasteiger partial charge < -0.3 is 10.1 Å². The van der Waals surface area contributed by atoms with Gasteiger partial charge in [0.15, 0.2) is 0 Å². The summed E-state index contributed by atoms with van der Waals surface area (Å²) in [6.07, 6.45) is 1.67. The summed E-state index contributed by atoms with van der Waals surface area (Å²) in [5.41, 5.74) is 0.998. The van der Waals surface area contributed by atoms with Crippen LogP contribution in [0.5, 0.6) is 5.75 Å². The molecule has 0 aliphatic heterocycles. The van der Waals surface area contributed by atoms with Crippen molar-refractivity contribution in [1.82, 2.24) is 4.98 Å².